The van der Waals surface area contributed by atoms with Crippen LogP contribution in [-0.2, 0) is 4.79 Å². The number of carbonyl (C=O) groups is 1. The van der Waals surface area contributed by atoms with Crippen LogP contribution in [0.1, 0.15) is 38.8 Å². The molecule has 3 heteroatoms. The topological polar surface area (TPSA) is 38.3 Å². The van der Waals surface area contributed by atoms with E-state index >= 15 is 0 Å². The molecule has 0 radical (unpaired) electrons. The molecule has 2 atom stereocenters. The average molecular weight is 263 g/mol. The summed E-state index contributed by atoms with van der Waals surface area (Å²) >= 11 is 0. The number of rotatable bonds is 5. The normalized spacial score (nSPS) is 14.1. The number of ether oxygens (including phenoxy) is 1. The Morgan fingerprint density at radius 2 is 1.58 bits per heavy atom. The Morgan fingerprint density at radius 3 is 2.05 bits per heavy atom. The first-order valence-corrected chi connectivity index (χ1v) is 6.85. The standard InChI is InChI=1S/C16H25NO2/c1-10(2)13(5)17-16(18)14(6)19-15-8-11(3)7-12(4)9-15/h7-10,13-14H,1-6H3,(H,17,18)/t13-,14+/m1/s1. The zero-order valence-electron chi connectivity index (χ0n) is 12.8. The molecule has 1 amide bonds. The van der Waals surface area contributed by atoms with E-state index in [1.54, 1.807) is 6.92 Å². The predicted octanol–water partition coefficient (Wildman–Crippen LogP) is 3.23. The maximum absolute atomic E-state index is 12.0. The van der Waals surface area contributed by atoms with Gasteiger partial charge >= 0.3 is 0 Å². The summed E-state index contributed by atoms with van der Waals surface area (Å²) in [5.41, 5.74) is 2.27. The highest BCUT2D eigenvalue weighted by molar-refractivity contribution is 5.81. The van der Waals surface area contributed by atoms with Crippen molar-refractivity contribution >= 4 is 5.91 Å². The van der Waals surface area contributed by atoms with E-state index in [1.165, 1.54) is 0 Å². The molecular weight excluding hydrogens is 238 g/mol. The lowest BCUT2D eigenvalue weighted by atomic mass is 10.1. The van der Waals surface area contributed by atoms with Crippen molar-refractivity contribution in [3.05, 3.63) is 29.3 Å². The van der Waals surface area contributed by atoms with Crippen molar-refractivity contribution in [3.63, 3.8) is 0 Å². The van der Waals surface area contributed by atoms with E-state index in [1.807, 2.05) is 32.9 Å². The summed E-state index contributed by atoms with van der Waals surface area (Å²) < 4.78 is 5.71. The van der Waals surface area contributed by atoms with Crippen LogP contribution in [0.3, 0.4) is 0 Å². The smallest absolute Gasteiger partial charge is 0.260 e. The minimum absolute atomic E-state index is 0.0691. The summed E-state index contributed by atoms with van der Waals surface area (Å²) in [6.45, 7) is 12.0. The van der Waals surface area contributed by atoms with E-state index in [9.17, 15) is 4.79 Å². The Kier molecular flexibility index (Phi) is 5.40. The molecule has 0 aliphatic rings. The molecule has 19 heavy (non-hydrogen) atoms. The fourth-order valence-electron chi connectivity index (χ4n) is 1.77. The third kappa shape index (κ3) is 4.93. The van der Waals surface area contributed by atoms with Gasteiger partial charge in [0.15, 0.2) is 6.10 Å². The monoisotopic (exact) mass is 263 g/mol. The maximum atomic E-state index is 12.0. The predicted molar refractivity (Wildman–Crippen MR) is 78.4 cm³/mol. The van der Waals surface area contributed by atoms with Crippen LogP contribution in [0.4, 0.5) is 0 Å². The van der Waals surface area contributed by atoms with Crippen molar-refractivity contribution in [2.45, 2.75) is 53.7 Å². The second kappa shape index (κ2) is 6.60. The zero-order valence-corrected chi connectivity index (χ0v) is 12.8. The number of carbonyl (C=O) groups excluding carboxylic acids is 1. The van der Waals surface area contributed by atoms with Gasteiger partial charge in [0.2, 0.25) is 0 Å². The van der Waals surface area contributed by atoms with Crippen LogP contribution in [0, 0.1) is 19.8 Å². The molecule has 0 saturated heterocycles. The number of hydrogen-bond acceptors (Lipinski definition) is 2. The molecule has 0 aliphatic heterocycles. The summed E-state index contributed by atoms with van der Waals surface area (Å²) in [4.78, 5) is 12.0. The molecular formula is C16H25NO2. The van der Waals surface area contributed by atoms with Gasteiger partial charge in [-0.2, -0.15) is 0 Å². The summed E-state index contributed by atoms with van der Waals surface area (Å²) in [6.07, 6.45) is -0.484. The summed E-state index contributed by atoms with van der Waals surface area (Å²) in [6, 6.07) is 6.13. The van der Waals surface area contributed by atoms with Crippen LogP contribution in [0.2, 0.25) is 0 Å². The Balaban J connectivity index is 2.63. The van der Waals surface area contributed by atoms with Crippen molar-refractivity contribution in [3.8, 4) is 5.75 Å². The maximum Gasteiger partial charge on any atom is 0.260 e. The van der Waals surface area contributed by atoms with E-state index in [4.69, 9.17) is 4.74 Å². The fraction of sp³-hybridized carbons (Fsp3) is 0.562. The van der Waals surface area contributed by atoms with Gasteiger partial charge in [0.25, 0.3) is 5.91 Å². The van der Waals surface area contributed by atoms with Crippen molar-refractivity contribution in [2.75, 3.05) is 0 Å². The van der Waals surface area contributed by atoms with E-state index in [-0.39, 0.29) is 11.9 Å². The van der Waals surface area contributed by atoms with E-state index < -0.39 is 6.10 Å². The number of aryl methyl sites for hydroxylation is 2. The lowest BCUT2D eigenvalue weighted by Gasteiger charge is -2.21. The van der Waals surface area contributed by atoms with Crippen LogP contribution >= 0.6 is 0 Å². The highest BCUT2D eigenvalue weighted by atomic mass is 16.5. The lowest BCUT2D eigenvalue weighted by Crippen LogP contribution is -2.43. The van der Waals surface area contributed by atoms with Crippen molar-refractivity contribution in [1.29, 1.82) is 0 Å². The summed E-state index contributed by atoms with van der Waals surface area (Å²) in [5.74, 6) is 1.09. The second-order valence-electron chi connectivity index (χ2n) is 5.62. The van der Waals surface area contributed by atoms with Crippen LogP contribution in [0.25, 0.3) is 0 Å². The third-order valence-corrected chi connectivity index (χ3v) is 3.25. The van der Waals surface area contributed by atoms with Gasteiger partial charge in [-0.1, -0.05) is 19.9 Å². The van der Waals surface area contributed by atoms with Crippen molar-refractivity contribution in [2.24, 2.45) is 5.92 Å². The molecule has 3 nitrogen and oxygen atoms in total. The largest absolute Gasteiger partial charge is 0.481 e. The number of nitrogens with one attached hydrogen (secondary N) is 1. The summed E-state index contributed by atoms with van der Waals surface area (Å²) in [7, 11) is 0. The molecule has 0 bridgehead atoms. The fourth-order valence-corrected chi connectivity index (χ4v) is 1.77. The first-order chi connectivity index (χ1) is 8.79. The van der Waals surface area contributed by atoms with Gasteiger partial charge in [0, 0.05) is 6.04 Å². The van der Waals surface area contributed by atoms with Gasteiger partial charge in [-0.05, 0) is 56.9 Å². The SMILES string of the molecule is Cc1cc(C)cc(O[C@@H](C)C(=O)N[C@H](C)C(C)C)c1. The molecule has 0 fully saturated rings. The van der Waals surface area contributed by atoms with Crippen molar-refractivity contribution < 1.29 is 9.53 Å². The molecule has 0 saturated carbocycles. The van der Waals surface area contributed by atoms with Crippen LogP contribution < -0.4 is 10.1 Å². The molecule has 106 valence electrons. The quantitative estimate of drug-likeness (QED) is 0.885. The van der Waals surface area contributed by atoms with Crippen LogP contribution in [0.15, 0.2) is 18.2 Å². The van der Waals surface area contributed by atoms with Gasteiger partial charge in [0.1, 0.15) is 5.75 Å². The second-order valence-corrected chi connectivity index (χ2v) is 5.62. The highest BCUT2D eigenvalue weighted by Gasteiger charge is 2.18. The van der Waals surface area contributed by atoms with E-state index in [0.717, 1.165) is 16.9 Å². The average Bonchev–Trinajstić information content (AvgIpc) is 2.26. The molecule has 1 N–H and O–H groups in total. The first-order valence-electron chi connectivity index (χ1n) is 6.85. The van der Waals surface area contributed by atoms with Gasteiger partial charge in [-0.3, -0.25) is 4.79 Å². The summed E-state index contributed by atoms with van der Waals surface area (Å²) in [5, 5.41) is 2.96. The highest BCUT2D eigenvalue weighted by Crippen LogP contribution is 2.17. The molecule has 0 heterocycles. The minimum atomic E-state index is -0.484. The van der Waals surface area contributed by atoms with Crippen LogP contribution in [-0.4, -0.2) is 18.1 Å². The third-order valence-electron chi connectivity index (χ3n) is 3.25. The molecule has 0 spiro atoms. The Labute approximate surface area is 116 Å². The molecule has 0 aromatic heterocycles. The molecule has 1 aromatic carbocycles. The Bertz CT molecular complexity index is 420. The van der Waals surface area contributed by atoms with Gasteiger partial charge in [-0.15, -0.1) is 0 Å². The van der Waals surface area contributed by atoms with Gasteiger partial charge in [-0.25, -0.2) is 0 Å². The van der Waals surface area contributed by atoms with E-state index in [2.05, 4.69) is 25.2 Å². The minimum Gasteiger partial charge on any atom is -0.481 e. The van der Waals surface area contributed by atoms with E-state index in [0.29, 0.717) is 5.92 Å². The molecule has 0 aliphatic carbocycles. The van der Waals surface area contributed by atoms with Crippen LogP contribution in [0.5, 0.6) is 5.75 Å². The number of benzene rings is 1. The number of hydrogen-bond donors (Lipinski definition) is 1. The lowest BCUT2D eigenvalue weighted by molar-refractivity contribution is -0.128. The van der Waals surface area contributed by atoms with Gasteiger partial charge < -0.3 is 10.1 Å². The van der Waals surface area contributed by atoms with Gasteiger partial charge in [0.05, 0.1) is 0 Å². The molecule has 1 rings (SSSR count). The molecule has 0 unspecified atom stereocenters. The zero-order chi connectivity index (χ0) is 14.6. The Morgan fingerprint density at radius 1 is 1.05 bits per heavy atom. The Hall–Kier alpha value is -1.51. The first kappa shape index (κ1) is 15.5. The molecule has 1 aromatic rings. The van der Waals surface area contributed by atoms with Crippen molar-refractivity contribution in [1.82, 2.24) is 5.32 Å². The number of amides is 1.